The predicted octanol–water partition coefficient (Wildman–Crippen LogP) is 5.92. The van der Waals surface area contributed by atoms with E-state index in [-0.39, 0.29) is 11.7 Å². The van der Waals surface area contributed by atoms with Crippen molar-refractivity contribution in [2.75, 3.05) is 11.1 Å². The quantitative estimate of drug-likeness (QED) is 0.444. The number of aryl methyl sites for hydroxylation is 1. The van der Waals surface area contributed by atoms with Gasteiger partial charge in [-0.25, -0.2) is 0 Å². The van der Waals surface area contributed by atoms with Gasteiger partial charge < -0.3 is 9.88 Å². The van der Waals surface area contributed by atoms with Crippen molar-refractivity contribution in [3.63, 3.8) is 0 Å². The van der Waals surface area contributed by atoms with Crippen LogP contribution in [0.15, 0.2) is 47.6 Å². The number of hydrogen-bond donors (Lipinski definition) is 1. The number of aromatic nitrogens is 3. The van der Waals surface area contributed by atoms with Crippen LogP contribution in [0.2, 0.25) is 10.0 Å². The SMILES string of the molecule is CCn1c(SCC(=O)Nc2cc(Cl)ccc2Cl)nnc1[C@H]1C[C@H]1c1ccc(C)cc1. The highest BCUT2D eigenvalue weighted by Gasteiger charge is 2.43. The topological polar surface area (TPSA) is 59.8 Å². The summed E-state index contributed by atoms with van der Waals surface area (Å²) in [6.07, 6.45) is 1.08. The fraction of sp³-hybridized carbons (Fsp3) is 0.318. The summed E-state index contributed by atoms with van der Waals surface area (Å²) in [4.78, 5) is 12.4. The van der Waals surface area contributed by atoms with Crippen LogP contribution in [0, 0.1) is 6.92 Å². The highest BCUT2D eigenvalue weighted by molar-refractivity contribution is 7.99. The number of nitrogens with zero attached hydrogens (tertiary/aromatic N) is 3. The number of thioether (sulfide) groups is 1. The molecule has 1 amide bonds. The van der Waals surface area contributed by atoms with Gasteiger partial charge >= 0.3 is 0 Å². The highest BCUT2D eigenvalue weighted by atomic mass is 35.5. The van der Waals surface area contributed by atoms with Gasteiger partial charge in [-0.05, 0) is 49.9 Å². The minimum absolute atomic E-state index is 0.166. The number of halogens is 2. The Balaban J connectivity index is 1.40. The van der Waals surface area contributed by atoms with Gasteiger partial charge in [-0.15, -0.1) is 10.2 Å². The highest BCUT2D eigenvalue weighted by Crippen LogP contribution is 2.54. The molecule has 0 bridgehead atoms. The summed E-state index contributed by atoms with van der Waals surface area (Å²) >= 11 is 13.5. The van der Waals surface area contributed by atoms with E-state index in [2.05, 4.69) is 58.2 Å². The molecule has 3 aromatic rings. The van der Waals surface area contributed by atoms with E-state index in [1.54, 1.807) is 18.2 Å². The van der Waals surface area contributed by atoms with Crippen molar-refractivity contribution in [3.8, 4) is 0 Å². The molecular weight excluding hydrogens is 439 g/mol. The van der Waals surface area contributed by atoms with Gasteiger partial charge in [-0.3, -0.25) is 4.79 Å². The molecule has 1 aromatic heterocycles. The number of amides is 1. The molecule has 8 heteroatoms. The summed E-state index contributed by atoms with van der Waals surface area (Å²) in [5.74, 6) is 1.93. The molecule has 0 aliphatic heterocycles. The number of benzene rings is 2. The molecule has 2 atom stereocenters. The van der Waals surface area contributed by atoms with Gasteiger partial charge in [0.05, 0.1) is 16.5 Å². The molecule has 0 saturated heterocycles. The molecule has 4 rings (SSSR count). The van der Waals surface area contributed by atoms with E-state index in [4.69, 9.17) is 23.2 Å². The Hall–Kier alpha value is -2.02. The zero-order chi connectivity index (χ0) is 21.3. The first-order valence-electron chi connectivity index (χ1n) is 9.83. The molecule has 1 saturated carbocycles. The van der Waals surface area contributed by atoms with Crippen molar-refractivity contribution in [1.29, 1.82) is 0 Å². The van der Waals surface area contributed by atoms with E-state index >= 15 is 0 Å². The van der Waals surface area contributed by atoms with Crippen LogP contribution in [0.4, 0.5) is 5.69 Å². The lowest BCUT2D eigenvalue weighted by Gasteiger charge is -2.09. The third-order valence-electron chi connectivity index (χ3n) is 5.22. The van der Waals surface area contributed by atoms with Gasteiger partial charge in [0.1, 0.15) is 5.82 Å². The second-order valence-electron chi connectivity index (χ2n) is 7.41. The van der Waals surface area contributed by atoms with Crippen molar-refractivity contribution < 1.29 is 4.79 Å². The van der Waals surface area contributed by atoms with Crippen LogP contribution >= 0.6 is 35.0 Å². The standard InChI is InChI=1S/C22H22Cl2N4OS/c1-3-28-21(17-11-16(17)14-6-4-13(2)5-7-14)26-27-22(28)30-12-20(29)25-19-10-15(23)8-9-18(19)24/h4-10,16-17H,3,11-12H2,1-2H3,(H,25,29)/t16-,17-/m0/s1. The molecule has 0 spiro atoms. The minimum atomic E-state index is -0.166. The van der Waals surface area contributed by atoms with Gasteiger partial charge in [0, 0.05) is 17.5 Å². The Bertz CT molecular complexity index is 1070. The van der Waals surface area contributed by atoms with Gasteiger partial charge in [0.15, 0.2) is 5.16 Å². The van der Waals surface area contributed by atoms with Crippen LogP contribution in [0.1, 0.15) is 42.1 Å². The van der Waals surface area contributed by atoms with E-state index in [1.807, 2.05) is 0 Å². The lowest BCUT2D eigenvalue weighted by atomic mass is 10.1. The average Bonchev–Trinajstić information content (AvgIpc) is 3.41. The van der Waals surface area contributed by atoms with Crippen LogP contribution < -0.4 is 5.32 Å². The Labute approximate surface area is 190 Å². The molecule has 2 aromatic carbocycles. The number of nitrogens with one attached hydrogen (secondary N) is 1. The molecule has 1 fully saturated rings. The zero-order valence-corrected chi connectivity index (χ0v) is 19.1. The molecule has 1 aliphatic carbocycles. The van der Waals surface area contributed by atoms with Gasteiger partial charge in [0.2, 0.25) is 5.91 Å². The van der Waals surface area contributed by atoms with Crippen molar-refractivity contribution in [2.45, 2.75) is 43.8 Å². The molecule has 156 valence electrons. The number of carbonyl (C=O) groups is 1. The van der Waals surface area contributed by atoms with E-state index in [0.29, 0.717) is 27.6 Å². The molecular formula is C22H22Cl2N4OS. The Morgan fingerprint density at radius 1 is 1.17 bits per heavy atom. The van der Waals surface area contributed by atoms with Gasteiger partial charge in [0.25, 0.3) is 0 Å². The van der Waals surface area contributed by atoms with Crippen molar-refractivity contribution >= 4 is 46.6 Å². The summed E-state index contributed by atoms with van der Waals surface area (Å²) in [5.41, 5.74) is 3.12. The van der Waals surface area contributed by atoms with E-state index in [1.165, 1.54) is 22.9 Å². The maximum Gasteiger partial charge on any atom is 0.234 e. The second-order valence-corrected chi connectivity index (χ2v) is 9.19. The molecule has 0 radical (unpaired) electrons. The number of anilines is 1. The normalized spacial score (nSPS) is 17.7. The van der Waals surface area contributed by atoms with Crippen molar-refractivity contribution in [2.24, 2.45) is 0 Å². The second kappa shape index (κ2) is 9.00. The van der Waals surface area contributed by atoms with Gasteiger partial charge in [-0.2, -0.15) is 0 Å². The average molecular weight is 461 g/mol. The molecule has 1 heterocycles. The summed E-state index contributed by atoms with van der Waals surface area (Å²) < 4.78 is 2.11. The monoisotopic (exact) mass is 460 g/mol. The lowest BCUT2D eigenvalue weighted by Crippen LogP contribution is -2.15. The third-order valence-corrected chi connectivity index (χ3v) is 6.76. The maximum absolute atomic E-state index is 12.4. The van der Waals surface area contributed by atoms with E-state index in [0.717, 1.165) is 23.9 Å². The fourth-order valence-electron chi connectivity index (χ4n) is 3.55. The smallest absolute Gasteiger partial charge is 0.234 e. The fourth-order valence-corrected chi connectivity index (χ4v) is 4.70. The van der Waals surface area contributed by atoms with Crippen LogP contribution in [-0.2, 0) is 11.3 Å². The first-order valence-corrected chi connectivity index (χ1v) is 11.6. The van der Waals surface area contributed by atoms with E-state index < -0.39 is 0 Å². The van der Waals surface area contributed by atoms with Crippen LogP contribution in [0.25, 0.3) is 0 Å². The summed E-state index contributed by atoms with van der Waals surface area (Å²) in [6, 6.07) is 13.7. The van der Waals surface area contributed by atoms with Crippen molar-refractivity contribution in [1.82, 2.24) is 14.8 Å². The first kappa shape index (κ1) is 21.2. The molecule has 5 nitrogen and oxygen atoms in total. The summed E-state index contributed by atoms with van der Waals surface area (Å²) in [5, 5.41) is 13.3. The van der Waals surface area contributed by atoms with Gasteiger partial charge in [-0.1, -0.05) is 64.8 Å². The number of carbonyl (C=O) groups excluding carboxylic acids is 1. The Morgan fingerprint density at radius 2 is 1.93 bits per heavy atom. The van der Waals surface area contributed by atoms with E-state index in [9.17, 15) is 4.79 Å². The Kier molecular flexibility index (Phi) is 6.37. The summed E-state index contributed by atoms with van der Waals surface area (Å²) in [7, 11) is 0. The largest absolute Gasteiger partial charge is 0.324 e. The molecule has 1 N–H and O–H groups in total. The first-order chi connectivity index (χ1) is 14.5. The van der Waals surface area contributed by atoms with Crippen LogP contribution in [-0.4, -0.2) is 26.4 Å². The molecule has 1 aliphatic rings. The maximum atomic E-state index is 12.4. The zero-order valence-electron chi connectivity index (χ0n) is 16.7. The van der Waals surface area contributed by atoms with Crippen LogP contribution in [0.3, 0.4) is 0 Å². The minimum Gasteiger partial charge on any atom is -0.324 e. The predicted molar refractivity (Wildman–Crippen MR) is 123 cm³/mol. The Morgan fingerprint density at radius 3 is 2.67 bits per heavy atom. The van der Waals surface area contributed by atoms with Crippen LogP contribution in [0.5, 0.6) is 0 Å². The van der Waals surface area contributed by atoms with Crippen molar-refractivity contribution in [3.05, 3.63) is 69.5 Å². The number of rotatable bonds is 7. The molecule has 0 unspecified atom stereocenters. The number of hydrogen-bond acceptors (Lipinski definition) is 4. The third kappa shape index (κ3) is 4.66. The molecule has 30 heavy (non-hydrogen) atoms. The lowest BCUT2D eigenvalue weighted by molar-refractivity contribution is -0.113. The summed E-state index contributed by atoms with van der Waals surface area (Å²) in [6.45, 7) is 4.94.